The third-order valence-corrected chi connectivity index (χ3v) is 11.5. The SMILES string of the molecule is c1ccc(-n2c3ccccc3c3cc(-c4ccc5c6ccccc6n(-c6ccc7ccc(-c8ccc9oc%10ccccc%10c9c8)cc7c6)c5c4)ccc32)cc1. The van der Waals surface area contributed by atoms with Crippen molar-refractivity contribution < 1.29 is 4.42 Å². The van der Waals surface area contributed by atoms with Gasteiger partial charge in [0.1, 0.15) is 11.2 Å². The molecule has 12 aromatic rings. The summed E-state index contributed by atoms with van der Waals surface area (Å²) in [4.78, 5) is 0. The van der Waals surface area contributed by atoms with Crippen molar-refractivity contribution in [2.45, 2.75) is 0 Å². The molecular formula is C52H32N2O. The van der Waals surface area contributed by atoms with Gasteiger partial charge in [0.15, 0.2) is 0 Å². The number of para-hydroxylation sites is 4. The molecule has 3 aromatic heterocycles. The van der Waals surface area contributed by atoms with E-state index in [4.69, 9.17) is 4.42 Å². The number of nitrogens with zero attached hydrogens (tertiary/aromatic N) is 2. The molecule has 256 valence electrons. The average molecular weight is 701 g/mol. The van der Waals surface area contributed by atoms with Crippen LogP contribution in [0.2, 0.25) is 0 Å². The Morgan fingerprint density at radius 1 is 0.273 bits per heavy atom. The Morgan fingerprint density at radius 3 is 1.65 bits per heavy atom. The fourth-order valence-electron chi connectivity index (χ4n) is 8.89. The topological polar surface area (TPSA) is 23.0 Å². The van der Waals surface area contributed by atoms with Gasteiger partial charge in [-0.3, -0.25) is 0 Å². The van der Waals surface area contributed by atoms with Gasteiger partial charge in [0.05, 0.1) is 22.1 Å². The maximum atomic E-state index is 6.13. The van der Waals surface area contributed by atoms with Gasteiger partial charge in [-0.15, -0.1) is 0 Å². The van der Waals surface area contributed by atoms with Crippen LogP contribution in [0.5, 0.6) is 0 Å². The minimum Gasteiger partial charge on any atom is -0.456 e. The third-order valence-electron chi connectivity index (χ3n) is 11.5. The second-order valence-corrected chi connectivity index (χ2v) is 14.6. The minimum absolute atomic E-state index is 0.914. The Morgan fingerprint density at radius 2 is 0.818 bits per heavy atom. The largest absolute Gasteiger partial charge is 0.456 e. The van der Waals surface area contributed by atoms with Crippen LogP contribution in [0, 0.1) is 0 Å². The summed E-state index contributed by atoms with van der Waals surface area (Å²) in [6.07, 6.45) is 0. The van der Waals surface area contributed by atoms with Gasteiger partial charge in [-0.1, -0.05) is 115 Å². The van der Waals surface area contributed by atoms with Crippen molar-refractivity contribution in [3.63, 3.8) is 0 Å². The average Bonchev–Trinajstić information content (AvgIpc) is 3.90. The van der Waals surface area contributed by atoms with Crippen molar-refractivity contribution in [1.82, 2.24) is 9.13 Å². The standard InChI is InChI=1S/C52H32N2O/c1-2-10-39(11-3-1)53-48-16-8-5-13-42(48)45-30-35(22-26-49(45)53)37-21-25-43-41-12-4-7-15-47(41)54(50(43)32-37)40-24-20-33-18-19-34(28-38(33)29-40)36-23-27-52-46(31-36)44-14-6-9-17-51(44)55-52/h1-32H. The molecule has 55 heavy (non-hydrogen) atoms. The predicted molar refractivity (Wildman–Crippen MR) is 231 cm³/mol. The normalized spacial score (nSPS) is 12.0. The molecule has 0 aliphatic heterocycles. The van der Waals surface area contributed by atoms with Crippen LogP contribution in [0.4, 0.5) is 0 Å². The lowest BCUT2D eigenvalue weighted by Crippen LogP contribution is -1.94. The van der Waals surface area contributed by atoms with Gasteiger partial charge in [0.2, 0.25) is 0 Å². The lowest BCUT2D eigenvalue weighted by Gasteiger charge is -2.12. The quantitative estimate of drug-likeness (QED) is 0.179. The molecule has 0 N–H and O–H groups in total. The monoisotopic (exact) mass is 700 g/mol. The van der Waals surface area contributed by atoms with E-state index in [0.29, 0.717) is 0 Å². The smallest absolute Gasteiger partial charge is 0.135 e. The van der Waals surface area contributed by atoms with Gasteiger partial charge in [-0.2, -0.15) is 0 Å². The summed E-state index contributed by atoms with van der Waals surface area (Å²) in [6.45, 7) is 0. The van der Waals surface area contributed by atoms with Crippen molar-refractivity contribution in [1.29, 1.82) is 0 Å². The van der Waals surface area contributed by atoms with Crippen LogP contribution in [0.15, 0.2) is 199 Å². The highest BCUT2D eigenvalue weighted by atomic mass is 16.3. The lowest BCUT2D eigenvalue weighted by atomic mass is 9.99. The molecule has 0 aliphatic carbocycles. The molecule has 0 amide bonds. The third kappa shape index (κ3) is 4.57. The molecule has 3 heterocycles. The number of hydrogen-bond acceptors (Lipinski definition) is 1. The molecular weight excluding hydrogens is 669 g/mol. The van der Waals surface area contributed by atoms with Gasteiger partial charge in [0, 0.05) is 43.7 Å². The van der Waals surface area contributed by atoms with E-state index in [-0.39, 0.29) is 0 Å². The van der Waals surface area contributed by atoms with E-state index < -0.39 is 0 Å². The first kappa shape index (κ1) is 30.1. The molecule has 0 saturated carbocycles. The zero-order chi connectivity index (χ0) is 36.0. The molecule has 3 nitrogen and oxygen atoms in total. The van der Waals surface area contributed by atoms with Gasteiger partial charge < -0.3 is 13.6 Å². The number of furan rings is 1. The predicted octanol–water partition coefficient (Wildman–Crippen LogP) is 14.3. The van der Waals surface area contributed by atoms with Crippen LogP contribution in [0.25, 0.3) is 110 Å². The Labute approximate surface area is 316 Å². The fourth-order valence-corrected chi connectivity index (χ4v) is 8.89. The molecule has 12 rings (SSSR count). The van der Waals surface area contributed by atoms with Crippen LogP contribution < -0.4 is 0 Å². The molecule has 0 spiro atoms. The van der Waals surface area contributed by atoms with Crippen molar-refractivity contribution in [3.05, 3.63) is 194 Å². The Bertz CT molecular complexity index is 3490. The van der Waals surface area contributed by atoms with E-state index in [9.17, 15) is 0 Å². The number of rotatable bonds is 4. The van der Waals surface area contributed by atoms with Crippen LogP contribution in [-0.4, -0.2) is 9.13 Å². The second-order valence-electron chi connectivity index (χ2n) is 14.6. The summed E-state index contributed by atoms with van der Waals surface area (Å²) < 4.78 is 10.9. The Hall–Kier alpha value is -7.36. The zero-order valence-electron chi connectivity index (χ0n) is 29.8. The summed E-state index contributed by atoms with van der Waals surface area (Å²) in [7, 11) is 0. The number of fused-ring (bicyclic) bond motifs is 10. The second kappa shape index (κ2) is 11.6. The first-order valence-corrected chi connectivity index (χ1v) is 18.8. The lowest BCUT2D eigenvalue weighted by molar-refractivity contribution is 0.669. The van der Waals surface area contributed by atoms with Crippen LogP contribution in [0.3, 0.4) is 0 Å². The maximum Gasteiger partial charge on any atom is 0.135 e. The molecule has 0 atom stereocenters. The summed E-state index contributed by atoms with van der Waals surface area (Å²) in [6, 6.07) is 70.5. The van der Waals surface area contributed by atoms with E-state index >= 15 is 0 Å². The highest BCUT2D eigenvalue weighted by Crippen LogP contribution is 2.39. The number of hydrogen-bond donors (Lipinski definition) is 0. The number of benzene rings is 9. The van der Waals surface area contributed by atoms with Crippen molar-refractivity contribution in [3.8, 4) is 33.6 Å². The summed E-state index contributed by atoms with van der Waals surface area (Å²) in [5.41, 5.74) is 13.7. The maximum absolute atomic E-state index is 6.13. The minimum atomic E-state index is 0.914. The summed E-state index contributed by atoms with van der Waals surface area (Å²) >= 11 is 0. The van der Waals surface area contributed by atoms with Gasteiger partial charge in [-0.05, 0) is 112 Å². The van der Waals surface area contributed by atoms with E-state index in [1.165, 1.54) is 82.3 Å². The van der Waals surface area contributed by atoms with Crippen LogP contribution in [-0.2, 0) is 0 Å². The first-order chi connectivity index (χ1) is 27.2. The van der Waals surface area contributed by atoms with Crippen LogP contribution >= 0.6 is 0 Å². The Balaban J connectivity index is 1.01. The highest BCUT2D eigenvalue weighted by molar-refractivity contribution is 6.13. The van der Waals surface area contributed by atoms with Crippen molar-refractivity contribution >= 4 is 76.3 Å². The number of aromatic nitrogens is 2. The van der Waals surface area contributed by atoms with Gasteiger partial charge in [-0.25, -0.2) is 0 Å². The summed E-state index contributed by atoms with van der Waals surface area (Å²) in [5, 5.41) is 9.71. The van der Waals surface area contributed by atoms with E-state index in [0.717, 1.165) is 27.6 Å². The molecule has 3 heteroatoms. The molecule has 0 unspecified atom stereocenters. The highest BCUT2D eigenvalue weighted by Gasteiger charge is 2.17. The summed E-state index contributed by atoms with van der Waals surface area (Å²) in [5.74, 6) is 0. The zero-order valence-corrected chi connectivity index (χ0v) is 29.8. The van der Waals surface area contributed by atoms with Crippen molar-refractivity contribution in [2.24, 2.45) is 0 Å². The van der Waals surface area contributed by atoms with Gasteiger partial charge >= 0.3 is 0 Å². The van der Waals surface area contributed by atoms with E-state index in [2.05, 4.69) is 191 Å². The molecule has 0 aliphatic rings. The van der Waals surface area contributed by atoms with E-state index in [1.807, 2.05) is 12.1 Å². The molecule has 0 radical (unpaired) electrons. The Kier molecular flexibility index (Phi) is 6.34. The molecule has 0 saturated heterocycles. The van der Waals surface area contributed by atoms with Crippen molar-refractivity contribution in [2.75, 3.05) is 0 Å². The molecule has 9 aromatic carbocycles. The van der Waals surface area contributed by atoms with E-state index in [1.54, 1.807) is 0 Å². The first-order valence-electron chi connectivity index (χ1n) is 18.8. The molecule has 0 bridgehead atoms. The van der Waals surface area contributed by atoms with Crippen LogP contribution in [0.1, 0.15) is 0 Å². The fraction of sp³-hybridized carbons (Fsp3) is 0. The van der Waals surface area contributed by atoms with Gasteiger partial charge in [0.25, 0.3) is 0 Å². The molecule has 0 fully saturated rings.